The van der Waals surface area contributed by atoms with Crippen molar-refractivity contribution in [2.24, 2.45) is 0 Å². The van der Waals surface area contributed by atoms with Crippen LogP contribution in [0.5, 0.6) is 17.2 Å². The quantitative estimate of drug-likeness (QED) is 0.749. The van der Waals surface area contributed by atoms with Crippen molar-refractivity contribution in [2.45, 2.75) is 26.4 Å². The van der Waals surface area contributed by atoms with Crippen molar-refractivity contribution in [3.63, 3.8) is 0 Å². The average molecular weight is 268 g/mol. The molecule has 2 nitrogen and oxygen atoms in total. The third-order valence-electron chi connectivity index (χ3n) is 2.58. The van der Waals surface area contributed by atoms with Gasteiger partial charge in [0.25, 0.3) is 0 Å². The van der Waals surface area contributed by atoms with Crippen LogP contribution < -0.4 is 9.47 Å². The van der Waals surface area contributed by atoms with Gasteiger partial charge in [-0.2, -0.15) is 0 Å². The zero-order valence-corrected chi connectivity index (χ0v) is 12.2. The molecule has 0 saturated heterocycles. The van der Waals surface area contributed by atoms with Gasteiger partial charge in [0.05, 0.1) is 0 Å². The van der Waals surface area contributed by atoms with Gasteiger partial charge in [-0.05, 0) is 62.7 Å². The molecule has 0 aromatic heterocycles. The zero-order chi connectivity index (χ0) is 14.6. The van der Waals surface area contributed by atoms with E-state index >= 15 is 0 Å². The van der Waals surface area contributed by atoms with Crippen LogP contribution in [0.15, 0.2) is 55.1 Å². The maximum absolute atomic E-state index is 5.80. The summed E-state index contributed by atoms with van der Waals surface area (Å²) >= 11 is 0. The second-order valence-corrected chi connectivity index (χ2v) is 5.56. The molecule has 0 fully saturated rings. The van der Waals surface area contributed by atoms with Crippen LogP contribution >= 0.6 is 0 Å². The molecule has 0 unspecified atom stereocenters. The molecule has 0 atom stereocenters. The second-order valence-electron chi connectivity index (χ2n) is 5.56. The Morgan fingerprint density at radius 3 is 2.15 bits per heavy atom. The second kappa shape index (κ2) is 5.83. The van der Waals surface area contributed by atoms with E-state index in [9.17, 15) is 0 Å². The Balaban J connectivity index is 2.08. The molecule has 20 heavy (non-hydrogen) atoms. The minimum Gasteiger partial charge on any atom is -0.488 e. The normalized spacial score (nSPS) is 10.9. The van der Waals surface area contributed by atoms with Crippen molar-refractivity contribution >= 4 is 6.08 Å². The predicted octanol–water partition coefficient (Wildman–Crippen LogP) is 5.30. The summed E-state index contributed by atoms with van der Waals surface area (Å²) < 4.78 is 11.6. The first-order valence-electron chi connectivity index (χ1n) is 6.66. The van der Waals surface area contributed by atoms with Crippen LogP contribution in [0.1, 0.15) is 26.3 Å². The number of benzene rings is 2. The Morgan fingerprint density at radius 1 is 0.900 bits per heavy atom. The molecular formula is C18H20O2. The highest BCUT2D eigenvalue weighted by Crippen LogP contribution is 2.26. The molecule has 0 aliphatic heterocycles. The Labute approximate surface area is 120 Å². The summed E-state index contributed by atoms with van der Waals surface area (Å²) in [4.78, 5) is 0. The Hall–Kier alpha value is -2.22. The maximum atomic E-state index is 5.80. The van der Waals surface area contributed by atoms with Gasteiger partial charge in [0.15, 0.2) is 0 Å². The van der Waals surface area contributed by atoms with Crippen LogP contribution in [0.25, 0.3) is 6.08 Å². The van der Waals surface area contributed by atoms with E-state index < -0.39 is 0 Å². The molecule has 0 aliphatic carbocycles. The summed E-state index contributed by atoms with van der Waals surface area (Å²) in [6.45, 7) is 9.83. The smallest absolute Gasteiger partial charge is 0.128 e. The van der Waals surface area contributed by atoms with E-state index in [0.29, 0.717) is 0 Å². The van der Waals surface area contributed by atoms with Crippen LogP contribution in [-0.4, -0.2) is 5.60 Å². The van der Waals surface area contributed by atoms with Gasteiger partial charge in [-0.1, -0.05) is 24.8 Å². The van der Waals surface area contributed by atoms with Crippen LogP contribution in [-0.2, 0) is 0 Å². The highest BCUT2D eigenvalue weighted by molar-refractivity contribution is 5.50. The van der Waals surface area contributed by atoms with Crippen LogP contribution in [0.4, 0.5) is 0 Å². The van der Waals surface area contributed by atoms with E-state index in [1.54, 1.807) is 6.08 Å². The molecule has 2 heteroatoms. The van der Waals surface area contributed by atoms with Crippen molar-refractivity contribution < 1.29 is 9.47 Å². The van der Waals surface area contributed by atoms with E-state index in [1.165, 1.54) is 0 Å². The highest BCUT2D eigenvalue weighted by atomic mass is 16.5. The Kier molecular flexibility index (Phi) is 4.14. The SMILES string of the molecule is C=Cc1cccc(Oc2ccc(OC(C)(C)C)cc2)c1. The molecule has 104 valence electrons. The Morgan fingerprint density at radius 2 is 1.55 bits per heavy atom. The molecule has 0 N–H and O–H groups in total. The lowest BCUT2D eigenvalue weighted by Gasteiger charge is -2.21. The van der Waals surface area contributed by atoms with Gasteiger partial charge in [-0.15, -0.1) is 0 Å². The topological polar surface area (TPSA) is 18.5 Å². The van der Waals surface area contributed by atoms with Crippen molar-refractivity contribution in [2.75, 3.05) is 0 Å². The van der Waals surface area contributed by atoms with E-state index in [2.05, 4.69) is 6.58 Å². The number of hydrogen-bond acceptors (Lipinski definition) is 2. The molecule has 0 spiro atoms. The summed E-state index contributed by atoms with van der Waals surface area (Å²) in [5, 5.41) is 0. The number of ether oxygens (including phenoxy) is 2. The fourth-order valence-electron chi connectivity index (χ4n) is 1.77. The van der Waals surface area contributed by atoms with Gasteiger partial charge in [0.2, 0.25) is 0 Å². The molecule has 0 bridgehead atoms. The third-order valence-corrected chi connectivity index (χ3v) is 2.58. The number of hydrogen-bond donors (Lipinski definition) is 0. The fraction of sp³-hybridized carbons (Fsp3) is 0.222. The molecule has 0 heterocycles. The van der Waals surface area contributed by atoms with Gasteiger partial charge < -0.3 is 9.47 Å². The van der Waals surface area contributed by atoms with E-state index in [4.69, 9.17) is 9.47 Å². The van der Waals surface area contributed by atoms with Crippen molar-refractivity contribution in [1.29, 1.82) is 0 Å². The fourth-order valence-corrected chi connectivity index (χ4v) is 1.77. The molecular weight excluding hydrogens is 248 g/mol. The first kappa shape index (κ1) is 14.2. The standard InChI is InChI=1S/C18H20O2/c1-5-14-7-6-8-17(13-14)19-15-9-11-16(12-10-15)20-18(2,3)4/h5-13H,1H2,2-4H3. The van der Waals surface area contributed by atoms with Gasteiger partial charge >= 0.3 is 0 Å². The van der Waals surface area contributed by atoms with E-state index in [0.717, 1.165) is 22.8 Å². The molecule has 2 rings (SSSR count). The summed E-state index contributed by atoms with van der Waals surface area (Å²) in [5.41, 5.74) is 0.843. The van der Waals surface area contributed by atoms with Crippen molar-refractivity contribution in [1.82, 2.24) is 0 Å². The lowest BCUT2D eigenvalue weighted by Crippen LogP contribution is -2.22. The third kappa shape index (κ3) is 4.16. The number of rotatable bonds is 4. The van der Waals surface area contributed by atoms with E-state index in [-0.39, 0.29) is 5.60 Å². The molecule has 0 amide bonds. The van der Waals surface area contributed by atoms with Gasteiger partial charge in [0, 0.05) is 0 Å². The van der Waals surface area contributed by atoms with Crippen molar-refractivity contribution in [3.05, 3.63) is 60.7 Å². The summed E-state index contributed by atoms with van der Waals surface area (Å²) in [6.07, 6.45) is 1.80. The van der Waals surface area contributed by atoms with Gasteiger partial charge in [0.1, 0.15) is 22.8 Å². The maximum Gasteiger partial charge on any atom is 0.128 e. The van der Waals surface area contributed by atoms with Crippen LogP contribution in [0.2, 0.25) is 0 Å². The molecule has 2 aromatic rings. The summed E-state index contributed by atoms with van der Waals surface area (Å²) in [6, 6.07) is 15.4. The summed E-state index contributed by atoms with van der Waals surface area (Å²) in [5.74, 6) is 2.42. The minimum absolute atomic E-state index is 0.194. The first-order chi connectivity index (χ1) is 9.46. The summed E-state index contributed by atoms with van der Waals surface area (Å²) in [7, 11) is 0. The monoisotopic (exact) mass is 268 g/mol. The first-order valence-corrected chi connectivity index (χ1v) is 6.66. The van der Waals surface area contributed by atoms with Crippen molar-refractivity contribution in [3.8, 4) is 17.2 Å². The van der Waals surface area contributed by atoms with Crippen LogP contribution in [0, 0.1) is 0 Å². The van der Waals surface area contributed by atoms with Crippen LogP contribution in [0.3, 0.4) is 0 Å². The van der Waals surface area contributed by atoms with Gasteiger partial charge in [-0.25, -0.2) is 0 Å². The molecule has 0 aliphatic rings. The minimum atomic E-state index is -0.194. The van der Waals surface area contributed by atoms with Gasteiger partial charge in [-0.3, -0.25) is 0 Å². The molecule has 0 radical (unpaired) electrons. The van der Waals surface area contributed by atoms with E-state index in [1.807, 2.05) is 69.3 Å². The zero-order valence-electron chi connectivity index (χ0n) is 12.2. The average Bonchev–Trinajstić information content (AvgIpc) is 2.40. The predicted molar refractivity (Wildman–Crippen MR) is 83.4 cm³/mol. The molecule has 2 aromatic carbocycles. The lowest BCUT2D eigenvalue weighted by molar-refractivity contribution is 0.131. The largest absolute Gasteiger partial charge is 0.488 e. The highest BCUT2D eigenvalue weighted by Gasteiger charge is 2.11. The molecule has 0 saturated carbocycles. The Bertz CT molecular complexity index is 577. The lowest BCUT2D eigenvalue weighted by atomic mass is 10.2.